The van der Waals surface area contributed by atoms with Gasteiger partial charge in [0, 0.05) is 35.2 Å². The molecule has 0 radical (unpaired) electrons. The number of Topliss-reactive ketones (excluding diaryl/α,β-unsaturated/α-hetero) is 1. The first-order valence-corrected chi connectivity index (χ1v) is 10.0. The largest absolute Gasteiger partial charge is 0.463 e. The molecular weight excluding hydrogens is 378 g/mol. The smallest absolute Gasteiger partial charge is 0.330 e. The summed E-state index contributed by atoms with van der Waals surface area (Å²) in [6.07, 6.45) is 4.53. The van der Waals surface area contributed by atoms with Crippen LogP contribution in [-0.2, 0) is 16.6 Å². The number of hydrogen-bond donors (Lipinski definition) is 0. The van der Waals surface area contributed by atoms with Crippen molar-refractivity contribution in [2.45, 2.75) is 26.7 Å². The number of ketones is 1. The average molecular weight is 403 g/mol. The van der Waals surface area contributed by atoms with Crippen LogP contribution in [0.3, 0.4) is 0 Å². The van der Waals surface area contributed by atoms with Crippen LogP contribution < -0.4 is 5.56 Å². The van der Waals surface area contributed by atoms with Gasteiger partial charge in [0.2, 0.25) is 0 Å². The highest BCUT2D eigenvalue weighted by Gasteiger charge is 2.16. The second-order valence-electron chi connectivity index (χ2n) is 7.16. The number of rotatable bonds is 7. The SMILES string of the molecule is CCCCOC(=O)/C=C/c1c(-c2cccc(C(C)=O)c2)c2ccccc2n(C)c1=O. The molecule has 30 heavy (non-hydrogen) atoms. The minimum atomic E-state index is -0.484. The minimum Gasteiger partial charge on any atom is -0.463 e. The van der Waals surface area contributed by atoms with E-state index >= 15 is 0 Å². The maximum atomic E-state index is 13.2. The number of para-hydroxylation sites is 1. The summed E-state index contributed by atoms with van der Waals surface area (Å²) in [4.78, 5) is 37.1. The lowest BCUT2D eigenvalue weighted by molar-refractivity contribution is -0.137. The summed E-state index contributed by atoms with van der Waals surface area (Å²) in [5.41, 5.74) is 2.92. The van der Waals surface area contributed by atoms with Gasteiger partial charge in [-0.25, -0.2) is 4.79 Å². The van der Waals surface area contributed by atoms with Gasteiger partial charge in [0.25, 0.3) is 5.56 Å². The third kappa shape index (κ3) is 4.40. The van der Waals surface area contributed by atoms with Crippen molar-refractivity contribution in [2.24, 2.45) is 7.05 Å². The van der Waals surface area contributed by atoms with Crippen LogP contribution in [0.4, 0.5) is 0 Å². The zero-order chi connectivity index (χ0) is 21.7. The van der Waals surface area contributed by atoms with Crippen molar-refractivity contribution in [3.63, 3.8) is 0 Å². The molecule has 5 heteroatoms. The third-order valence-corrected chi connectivity index (χ3v) is 5.03. The van der Waals surface area contributed by atoms with Gasteiger partial charge in [-0.05, 0) is 37.1 Å². The number of carbonyl (C=O) groups excluding carboxylic acids is 2. The quantitative estimate of drug-likeness (QED) is 0.247. The lowest BCUT2D eigenvalue weighted by Gasteiger charge is -2.15. The number of carbonyl (C=O) groups is 2. The Kier molecular flexibility index (Phi) is 6.62. The van der Waals surface area contributed by atoms with Crippen LogP contribution in [0.2, 0.25) is 0 Å². The van der Waals surface area contributed by atoms with Crippen LogP contribution >= 0.6 is 0 Å². The number of fused-ring (bicyclic) bond motifs is 1. The van der Waals surface area contributed by atoms with Gasteiger partial charge in [-0.3, -0.25) is 9.59 Å². The topological polar surface area (TPSA) is 65.4 Å². The van der Waals surface area contributed by atoms with Crippen LogP contribution in [0.15, 0.2) is 59.4 Å². The highest BCUT2D eigenvalue weighted by molar-refractivity contribution is 6.02. The van der Waals surface area contributed by atoms with E-state index in [0.29, 0.717) is 23.3 Å². The number of ether oxygens (including phenoxy) is 1. The molecule has 2 aromatic carbocycles. The monoisotopic (exact) mass is 403 g/mol. The molecule has 3 aromatic rings. The average Bonchev–Trinajstić information content (AvgIpc) is 2.75. The number of aromatic nitrogens is 1. The standard InChI is InChI=1S/C25H25NO4/c1-4-5-15-30-23(28)14-13-21-24(19-10-8-9-18(16-19)17(2)27)20-11-6-7-12-22(20)26(3)25(21)29/h6-14,16H,4-5,15H2,1-3H3/b14-13+. The molecule has 0 aliphatic rings. The van der Waals surface area contributed by atoms with Gasteiger partial charge in [0.05, 0.1) is 12.1 Å². The van der Waals surface area contributed by atoms with Gasteiger partial charge in [0.15, 0.2) is 5.78 Å². The van der Waals surface area contributed by atoms with E-state index in [9.17, 15) is 14.4 Å². The van der Waals surface area contributed by atoms with Gasteiger partial charge < -0.3 is 9.30 Å². The van der Waals surface area contributed by atoms with E-state index in [0.717, 1.165) is 29.3 Å². The maximum absolute atomic E-state index is 13.2. The molecule has 1 aromatic heterocycles. The van der Waals surface area contributed by atoms with Crippen LogP contribution in [0, 0.1) is 0 Å². The number of unbranched alkanes of at least 4 members (excludes halogenated alkanes) is 1. The second-order valence-corrected chi connectivity index (χ2v) is 7.16. The number of nitrogens with zero attached hydrogens (tertiary/aromatic N) is 1. The number of pyridine rings is 1. The van der Waals surface area contributed by atoms with Crippen LogP contribution in [0.1, 0.15) is 42.6 Å². The molecule has 0 saturated heterocycles. The zero-order valence-electron chi connectivity index (χ0n) is 17.5. The van der Waals surface area contributed by atoms with Gasteiger partial charge >= 0.3 is 5.97 Å². The number of hydrogen-bond acceptors (Lipinski definition) is 4. The van der Waals surface area contributed by atoms with E-state index in [2.05, 4.69) is 0 Å². The Labute approximate surface area is 175 Å². The van der Waals surface area contributed by atoms with Gasteiger partial charge in [-0.15, -0.1) is 0 Å². The Balaban J connectivity index is 2.21. The lowest BCUT2D eigenvalue weighted by Crippen LogP contribution is -2.21. The summed E-state index contributed by atoms with van der Waals surface area (Å²) in [5.74, 6) is -0.538. The summed E-state index contributed by atoms with van der Waals surface area (Å²) < 4.78 is 6.74. The molecule has 0 saturated carbocycles. The number of aryl methyl sites for hydroxylation is 1. The van der Waals surface area contributed by atoms with Crippen LogP contribution in [0.25, 0.3) is 28.1 Å². The molecule has 3 rings (SSSR count). The molecule has 0 spiro atoms. The first-order chi connectivity index (χ1) is 14.4. The molecule has 0 bridgehead atoms. The first kappa shape index (κ1) is 21.2. The fourth-order valence-electron chi connectivity index (χ4n) is 3.40. The highest BCUT2D eigenvalue weighted by atomic mass is 16.5. The van der Waals surface area contributed by atoms with E-state index in [4.69, 9.17) is 4.74 Å². The Hall–Kier alpha value is -3.47. The molecular formula is C25H25NO4. The van der Waals surface area contributed by atoms with Crippen molar-refractivity contribution in [1.82, 2.24) is 4.57 Å². The van der Waals surface area contributed by atoms with Crippen molar-refractivity contribution in [2.75, 3.05) is 6.61 Å². The van der Waals surface area contributed by atoms with E-state index in [1.807, 2.05) is 37.3 Å². The van der Waals surface area contributed by atoms with Crippen molar-refractivity contribution in [3.05, 3.63) is 76.1 Å². The fraction of sp³-hybridized carbons (Fsp3) is 0.240. The van der Waals surface area contributed by atoms with Crippen LogP contribution in [0.5, 0.6) is 0 Å². The second kappa shape index (κ2) is 9.35. The molecule has 0 aliphatic carbocycles. The Morgan fingerprint density at radius 2 is 1.87 bits per heavy atom. The van der Waals surface area contributed by atoms with Crippen molar-refractivity contribution in [1.29, 1.82) is 0 Å². The molecule has 154 valence electrons. The van der Waals surface area contributed by atoms with Crippen molar-refractivity contribution >= 4 is 28.7 Å². The maximum Gasteiger partial charge on any atom is 0.330 e. The molecule has 5 nitrogen and oxygen atoms in total. The first-order valence-electron chi connectivity index (χ1n) is 10.0. The van der Waals surface area contributed by atoms with E-state index < -0.39 is 5.97 Å². The van der Waals surface area contributed by atoms with Gasteiger partial charge in [0.1, 0.15) is 0 Å². The summed E-state index contributed by atoms with van der Waals surface area (Å²) >= 11 is 0. The van der Waals surface area contributed by atoms with Crippen molar-refractivity contribution in [3.8, 4) is 11.1 Å². The molecule has 0 unspecified atom stereocenters. The lowest BCUT2D eigenvalue weighted by atomic mass is 9.94. The zero-order valence-corrected chi connectivity index (χ0v) is 17.5. The van der Waals surface area contributed by atoms with Crippen LogP contribution in [-0.4, -0.2) is 22.9 Å². The normalized spacial score (nSPS) is 11.2. The molecule has 0 fully saturated rings. The van der Waals surface area contributed by atoms with Gasteiger partial charge in [-0.1, -0.05) is 49.7 Å². The molecule has 0 atom stereocenters. The fourth-order valence-corrected chi connectivity index (χ4v) is 3.40. The number of benzene rings is 2. The molecule has 0 amide bonds. The summed E-state index contributed by atoms with van der Waals surface area (Å²) in [7, 11) is 1.71. The molecule has 0 aliphatic heterocycles. The van der Waals surface area contributed by atoms with Crippen molar-refractivity contribution < 1.29 is 14.3 Å². The Morgan fingerprint density at radius 1 is 1.10 bits per heavy atom. The summed E-state index contributed by atoms with van der Waals surface area (Å²) in [6, 6.07) is 14.8. The Bertz CT molecular complexity index is 1190. The van der Waals surface area contributed by atoms with E-state index in [1.165, 1.54) is 19.1 Å². The number of esters is 1. The molecule has 1 heterocycles. The predicted molar refractivity (Wildman–Crippen MR) is 120 cm³/mol. The Morgan fingerprint density at radius 3 is 2.60 bits per heavy atom. The third-order valence-electron chi connectivity index (χ3n) is 5.03. The molecule has 0 N–H and O–H groups in total. The summed E-state index contributed by atoms with van der Waals surface area (Å²) in [5, 5.41) is 0.860. The summed E-state index contributed by atoms with van der Waals surface area (Å²) in [6.45, 7) is 3.88. The van der Waals surface area contributed by atoms with Gasteiger partial charge in [-0.2, -0.15) is 0 Å². The van der Waals surface area contributed by atoms with E-state index in [1.54, 1.807) is 29.8 Å². The van der Waals surface area contributed by atoms with E-state index in [-0.39, 0.29) is 11.3 Å². The highest BCUT2D eigenvalue weighted by Crippen LogP contribution is 2.31. The predicted octanol–water partition coefficient (Wildman–Crippen LogP) is 4.76. The minimum absolute atomic E-state index is 0.0541.